The van der Waals surface area contributed by atoms with Gasteiger partial charge in [0.15, 0.2) is 5.16 Å². The largest absolute Gasteiger partial charge is 0.349 e. The SMILES string of the molecule is CCc1ccccc1-n1cnnc1SCC(=O)Nc1ccc(Cl)c(C(=O)NC2CCCCC2)c1. The summed E-state index contributed by atoms with van der Waals surface area (Å²) >= 11 is 7.58. The van der Waals surface area contributed by atoms with Gasteiger partial charge in [-0.15, -0.1) is 10.2 Å². The first kappa shape index (κ1) is 24.3. The first-order chi connectivity index (χ1) is 16.5. The Labute approximate surface area is 208 Å². The maximum atomic E-state index is 12.7. The minimum Gasteiger partial charge on any atom is -0.349 e. The molecular weight excluding hydrogens is 470 g/mol. The highest BCUT2D eigenvalue weighted by molar-refractivity contribution is 7.99. The van der Waals surface area contributed by atoms with Gasteiger partial charge < -0.3 is 10.6 Å². The number of hydrogen-bond donors (Lipinski definition) is 2. The number of aromatic nitrogens is 3. The molecule has 0 spiro atoms. The van der Waals surface area contributed by atoms with Crippen molar-refractivity contribution in [1.29, 1.82) is 0 Å². The molecule has 2 aromatic carbocycles. The fourth-order valence-electron chi connectivity index (χ4n) is 4.15. The standard InChI is InChI=1S/C25H28ClN5O2S/c1-2-17-8-6-7-11-22(17)31-16-27-30-25(31)34-15-23(32)28-19-12-13-21(26)20(14-19)24(33)29-18-9-4-3-5-10-18/h6-8,11-14,16,18H,2-5,9-10,15H2,1H3,(H,28,32)(H,29,33). The number of benzene rings is 2. The van der Waals surface area contributed by atoms with Gasteiger partial charge in [0.25, 0.3) is 5.91 Å². The van der Waals surface area contributed by atoms with Crippen molar-refractivity contribution >= 4 is 40.9 Å². The smallest absolute Gasteiger partial charge is 0.253 e. The Morgan fingerprint density at radius 3 is 2.74 bits per heavy atom. The van der Waals surface area contributed by atoms with Gasteiger partial charge in [0, 0.05) is 11.7 Å². The Hall–Kier alpha value is -2.84. The number of hydrogen-bond acceptors (Lipinski definition) is 5. The zero-order valence-electron chi connectivity index (χ0n) is 19.1. The van der Waals surface area contributed by atoms with Crippen molar-refractivity contribution in [2.75, 3.05) is 11.1 Å². The van der Waals surface area contributed by atoms with Crippen LogP contribution < -0.4 is 10.6 Å². The van der Waals surface area contributed by atoms with E-state index in [9.17, 15) is 9.59 Å². The highest BCUT2D eigenvalue weighted by atomic mass is 35.5. The molecule has 0 atom stereocenters. The minimum absolute atomic E-state index is 0.152. The average molecular weight is 498 g/mol. The van der Waals surface area contributed by atoms with Gasteiger partial charge >= 0.3 is 0 Å². The summed E-state index contributed by atoms with van der Waals surface area (Å²) in [7, 11) is 0. The van der Waals surface area contributed by atoms with Gasteiger partial charge in [0.2, 0.25) is 5.91 Å². The second kappa shape index (κ2) is 11.5. The van der Waals surface area contributed by atoms with Crippen LogP contribution >= 0.6 is 23.4 Å². The molecule has 3 aromatic rings. The maximum absolute atomic E-state index is 12.7. The van der Waals surface area contributed by atoms with Gasteiger partial charge in [-0.3, -0.25) is 14.2 Å². The Kier molecular flexibility index (Phi) is 8.24. The van der Waals surface area contributed by atoms with Crippen molar-refractivity contribution < 1.29 is 9.59 Å². The van der Waals surface area contributed by atoms with Crippen LogP contribution in [0, 0.1) is 0 Å². The van der Waals surface area contributed by atoms with Crippen LogP contribution in [0.1, 0.15) is 54.9 Å². The number of para-hydroxylation sites is 1. The number of anilines is 1. The predicted molar refractivity (Wildman–Crippen MR) is 136 cm³/mol. The summed E-state index contributed by atoms with van der Waals surface area (Å²) in [6.45, 7) is 2.10. The summed E-state index contributed by atoms with van der Waals surface area (Å²) in [4.78, 5) is 25.4. The van der Waals surface area contributed by atoms with Gasteiger partial charge in [-0.1, -0.05) is 67.7 Å². The van der Waals surface area contributed by atoms with Gasteiger partial charge in [0.05, 0.1) is 22.0 Å². The first-order valence-electron chi connectivity index (χ1n) is 11.6. The molecule has 2 N–H and O–H groups in total. The van der Waals surface area contributed by atoms with Crippen LogP contribution in [0.3, 0.4) is 0 Å². The lowest BCUT2D eigenvalue weighted by Crippen LogP contribution is -2.36. The van der Waals surface area contributed by atoms with Gasteiger partial charge in [-0.05, 0) is 49.1 Å². The molecule has 1 heterocycles. The van der Waals surface area contributed by atoms with Crippen molar-refractivity contribution in [2.24, 2.45) is 0 Å². The van der Waals surface area contributed by atoms with Gasteiger partial charge in [-0.2, -0.15) is 0 Å². The molecular formula is C25H28ClN5O2S. The topological polar surface area (TPSA) is 88.9 Å². The fraction of sp³-hybridized carbons (Fsp3) is 0.360. The van der Waals surface area contributed by atoms with Crippen molar-refractivity contribution in [1.82, 2.24) is 20.1 Å². The summed E-state index contributed by atoms with van der Waals surface area (Å²) < 4.78 is 1.90. The van der Waals surface area contributed by atoms with Crippen LogP contribution in [0.25, 0.3) is 5.69 Å². The fourth-order valence-corrected chi connectivity index (χ4v) is 5.07. The summed E-state index contributed by atoms with van der Waals surface area (Å²) in [5.74, 6) is -0.256. The van der Waals surface area contributed by atoms with Crippen LogP contribution in [-0.4, -0.2) is 38.4 Å². The lowest BCUT2D eigenvalue weighted by molar-refractivity contribution is -0.113. The zero-order valence-corrected chi connectivity index (χ0v) is 20.7. The molecule has 178 valence electrons. The molecule has 0 saturated heterocycles. The quantitative estimate of drug-likeness (QED) is 0.413. The normalized spacial score (nSPS) is 14.1. The molecule has 4 rings (SSSR count). The average Bonchev–Trinajstić information content (AvgIpc) is 3.33. The number of aryl methyl sites for hydroxylation is 1. The van der Waals surface area contributed by atoms with Crippen molar-refractivity contribution in [3.8, 4) is 5.69 Å². The van der Waals surface area contributed by atoms with E-state index in [-0.39, 0.29) is 23.6 Å². The van der Waals surface area contributed by atoms with Crippen LogP contribution in [0.2, 0.25) is 5.02 Å². The van der Waals surface area contributed by atoms with E-state index in [0.29, 0.717) is 21.4 Å². The molecule has 0 unspecified atom stereocenters. The number of amides is 2. The highest BCUT2D eigenvalue weighted by Crippen LogP contribution is 2.25. The van der Waals surface area contributed by atoms with Crippen molar-refractivity contribution in [2.45, 2.75) is 56.6 Å². The van der Waals surface area contributed by atoms with E-state index >= 15 is 0 Å². The second-order valence-electron chi connectivity index (χ2n) is 8.31. The number of carbonyl (C=O) groups excluding carboxylic acids is 2. The summed E-state index contributed by atoms with van der Waals surface area (Å²) in [6.07, 6.45) is 7.99. The third-order valence-electron chi connectivity index (χ3n) is 5.92. The van der Waals surface area contributed by atoms with E-state index in [2.05, 4.69) is 33.8 Å². The summed E-state index contributed by atoms with van der Waals surface area (Å²) in [5.41, 5.74) is 3.08. The molecule has 2 amide bonds. The van der Waals surface area contributed by atoms with E-state index in [4.69, 9.17) is 11.6 Å². The number of nitrogens with one attached hydrogen (secondary N) is 2. The number of rotatable bonds is 8. The minimum atomic E-state index is -0.204. The Bertz CT molecular complexity index is 1160. The molecule has 9 heteroatoms. The van der Waals surface area contributed by atoms with E-state index in [0.717, 1.165) is 37.8 Å². The molecule has 1 aromatic heterocycles. The monoisotopic (exact) mass is 497 g/mol. The van der Waals surface area contributed by atoms with E-state index in [1.807, 2.05) is 22.8 Å². The van der Waals surface area contributed by atoms with Crippen molar-refractivity contribution in [3.05, 3.63) is 64.9 Å². The first-order valence-corrected chi connectivity index (χ1v) is 12.9. The van der Waals surface area contributed by atoms with Crippen LogP contribution in [-0.2, 0) is 11.2 Å². The number of nitrogens with zero attached hydrogens (tertiary/aromatic N) is 3. The zero-order chi connectivity index (χ0) is 23.9. The maximum Gasteiger partial charge on any atom is 0.253 e. The molecule has 0 aliphatic heterocycles. The van der Waals surface area contributed by atoms with Crippen LogP contribution in [0.5, 0.6) is 0 Å². The second-order valence-corrected chi connectivity index (χ2v) is 9.66. The van der Waals surface area contributed by atoms with Gasteiger partial charge in [0.1, 0.15) is 6.33 Å². The molecule has 1 fully saturated rings. The lowest BCUT2D eigenvalue weighted by atomic mass is 9.95. The third-order valence-corrected chi connectivity index (χ3v) is 7.19. The van der Waals surface area contributed by atoms with Crippen LogP contribution in [0.4, 0.5) is 5.69 Å². The van der Waals surface area contributed by atoms with E-state index < -0.39 is 0 Å². The highest BCUT2D eigenvalue weighted by Gasteiger charge is 2.19. The molecule has 7 nitrogen and oxygen atoms in total. The number of carbonyl (C=O) groups is 2. The molecule has 0 radical (unpaired) electrons. The lowest BCUT2D eigenvalue weighted by Gasteiger charge is -2.23. The third kappa shape index (κ3) is 5.98. The number of halogens is 1. The number of thioether (sulfide) groups is 1. The van der Waals surface area contributed by atoms with E-state index in [1.54, 1.807) is 24.5 Å². The molecule has 1 aliphatic carbocycles. The Balaban J connectivity index is 1.38. The predicted octanol–water partition coefficient (Wildman–Crippen LogP) is 5.28. The Morgan fingerprint density at radius 2 is 1.94 bits per heavy atom. The molecule has 34 heavy (non-hydrogen) atoms. The summed E-state index contributed by atoms with van der Waals surface area (Å²) in [5, 5.41) is 15.1. The van der Waals surface area contributed by atoms with Crippen LogP contribution in [0.15, 0.2) is 53.9 Å². The molecule has 1 aliphatic rings. The van der Waals surface area contributed by atoms with Gasteiger partial charge in [-0.25, -0.2) is 0 Å². The summed E-state index contributed by atoms with van der Waals surface area (Å²) in [6, 6.07) is 13.2. The van der Waals surface area contributed by atoms with E-state index in [1.165, 1.54) is 23.7 Å². The molecule has 0 bridgehead atoms. The Morgan fingerprint density at radius 1 is 1.15 bits per heavy atom. The molecule has 1 saturated carbocycles. The van der Waals surface area contributed by atoms with Crippen molar-refractivity contribution in [3.63, 3.8) is 0 Å².